The normalized spacial score (nSPS) is 10.9. The molecule has 0 spiro atoms. The van der Waals surface area contributed by atoms with E-state index in [1.807, 2.05) is 51.1 Å². The third-order valence-corrected chi connectivity index (χ3v) is 4.10. The molecule has 0 unspecified atom stereocenters. The first kappa shape index (κ1) is 20.1. The molecule has 0 bridgehead atoms. The van der Waals surface area contributed by atoms with Gasteiger partial charge in [0, 0.05) is 17.3 Å². The van der Waals surface area contributed by atoms with Crippen LogP contribution in [-0.2, 0) is 4.79 Å². The van der Waals surface area contributed by atoms with E-state index in [1.54, 1.807) is 12.1 Å². The number of anilines is 1. The van der Waals surface area contributed by atoms with Crippen LogP contribution in [0.5, 0.6) is 11.5 Å². The van der Waals surface area contributed by atoms with Gasteiger partial charge in [0.05, 0.1) is 13.2 Å². The first-order valence-corrected chi connectivity index (χ1v) is 9.36. The van der Waals surface area contributed by atoms with Gasteiger partial charge in [-0.3, -0.25) is 4.79 Å². The van der Waals surface area contributed by atoms with Crippen LogP contribution in [0.3, 0.4) is 0 Å². The second-order valence-corrected chi connectivity index (χ2v) is 6.17. The molecule has 3 rings (SSSR count). The number of ether oxygens (including phenoxy) is 2. The van der Waals surface area contributed by atoms with Gasteiger partial charge in [0.1, 0.15) is 0 Å². The summed E-state index contributed by atoms with van der Waals surface area (Å²) < 4.78 is 16.4. The molecule has 7 heteroatoms. The lowest BCUT2D eigenvalue weighted by atomic mass is 10.1. The van der Waals surface area contributed by atoms with Crippen molar-refractivity contribution in [3.8, 4) is 23.0 Å². The van der Waals surface area contributed by atoms with E-state index in [2.05, 4.69) is 15.5 Å². The molecule has 0 saturated heterocycles. The van der Waals surface area contributed by atoms with Crippen LogP contribution in [0.25, 0.3) is 17.5 Å². The lowest BCUT2D eigenvalue weighted by Crippen LogP contribution is -2.09. The zero-order valence-electron chi connectivity index (χ0n) is 16.6. The van der Waals surface area contributed by atoms with Gasteiger partial charge in [-0.25, -0.2) is 0 Å². The third-order valence-electron chi connectivity index (χ3n) is 4.10. The summed E-state index contributed by atoms with van der Waals surface area (Å²) in [5, 5.41) is 10.5. The smallest absolute Gasteiger partial charge is 0.248 e. The number of nitrogens with one attached hydrogen (secondary N) is 1. The van der Waals surface area contributed by atoms with Gasteiger partial charge in [0.15, 0.2) is 11.5 Å². The molecule has 0 aliphatic rings. The molecule has 3 aromatic rings. The highest BCUT2D eigenvalue weighted by Crippen LogP contribution is 2.29. The highest BCUT2D eigenvalue weighted by atomic mass is 16.5. The minimum absolute atomic E-state index is 0.248. The van der Waals surface area contributed by atoms with Crippen LogP contribution in [0.4, 0.5) is 5.69 Å². The quantitative estimate of drug-likeness (QED) is 0.567. The maximum atomic E-state index is 12.4. The second kappa shape index (κ2) is 9.54. The number of nitrogens with zero attached hydrogens (tertiary/aromatic N) is 2. The van der Waals surface area contributed by atoms with Crippen molar-refractivity contribution in [3.05, 3.63) is 60.0 Å². The molecule has 1 amide bonds. The Hall–Kier alpha value is -3.61. The Balaban J connectivity index is 1.73. The summed E-state index contributed by atoms with van der Waals surface area (Å²) in [4.78, 5) is 12.4. The minimum atomic E-state index is -0.248. The summed E-state index contributed by atoms with van der Waals surface area (Å²) in [6.07, 6.45) is 4.47. The number of benzene rings is 2. The molecule has 7 nitrogen and oxygen atoms in total. The number of amides is 1. The van der Waals surface area contributed by atoms with E-state index in [1.165, 1.54) is 12.5 Å². The first-order chi connectivity index (χ1) is 14.1. The van der Waals surface area contributed by atoms with Gasteiger partial charge in [-0.2, -0.15) is 0 Å². The predicted octanol–water partition coefficient (Wildman–Crippen LogP) is 4.49. The Morgan fingerprint density at radius 2 is 1.90 bits per heavy atom. The van der Waals surface area contributed by atoms with Gasteiger partial charge in [-0.1, -0.05) is 12.1 Å². The molecule has 2 aromatic carbocycles. The molecule has 0 saturated carbocycles. The number of carbonyl (C=O) groups is 1. The number of carbonyl (C=O) groups excluding carboxylic acids is 1. The van der Waals surface area contributed by atoms with E-state index < -0.39 is 0 Å². The van der Waals surface area contributed by atoms with Crippen LogP contribution in [-0.4, -0.2) is 29.3 Å². The van der Waals surface area contributed by atoms with Crippen LogP contribution in [0.15, 0.2) is 53.3 Å². The molecule has 150 valence electrons. The lowest BCUT2D eigenvalue weighted by Gasteiger charge is -2.11. The van der Waals surface area contributed by atoms with Gasteiger partial charge < -0.3 is 19.2 Å². The van der Waals surface area contributed by atoms with Crippen molar-refractivity contribution in [2.45, 2.75) is 20.8 Å². The molecular formula is C22H23N3O4. The maximum absolute atomic E-state index is 12.4. The van der Waals surface area contributed by atoms with Gasteiger partial charge in [0.25, 0.3) is 0 Å². The average molecular weight is 393 g/mol. The van der Waals surface area contributed by atoms with Crippen LogP contribution in [0.1, 0.15) is 25.0 Å². The predicted molar refractivity (Wildman–Crippen MR) is 111 cm³/mol. The van der Waals surface area contributed by atoms with E-state index in [9.17, 15) is 4.79 Å². The van der Waals surface area contributed by atoms with Crippen LogP contribution in [0.2, 0.25) is 0 Å². The van der Waals surface area contributed by atoms with Gasteiger partial charge >= 0.3 is 0 Å². The molecular weight excluding hydrogens is 370 g/mol. The molecule has 0 atom stereocenters. The number of rotatable bonds is 8. The summed E-state index contributed by atoms with van der Waals surface area (Å²) in [5.74, 6) is 1.49. The van der Waals surface area contributed by atoms with Crippen LogP contribution < -0.4 is 14.8 Å². The molecule has 29 heavy (non-hydrogen) atoms. The Morgan fingerprint density at radius 3 is 2.62 bits per heavy atom. The molecule has 0 aliphatic carbocycles. The van der Waals surface area contributed by atoms with Crippen molar-refractivity contribution in [2.75, 3.05) is 18.5 Å². The van der Waals surface area contributed by atoms with E-state index in [4.69, 9.17) is 13.9 Å². The molecule has 0 fully saturated rings. The van der Waals surface area contributed by atoms with E-state index in [-0.39, 0.29) is 5.91 Å². The topological polar surface area (TPSA) is 86.5 Å². The van der Waals surface area contributed by atoms with Gasteiger partial charge in [0.2, 0.25) is 18.2 Å². The maximum Gasteiger partial charge on any atom is 0.248 e. The fourth-order valence-electron chi connectivity index (χ4n) is 2.71. The SMILES string of the molecule is CCOc1ccc(C=CC(=O)Nc2cc(-c3nnco3)ccc2C)cc1OCC. The Morgan fingerprint density at radius 1 is 1.10 bits per heavy atom. The highest BCUT2D eigenvalue weighted by molar-refractivity contribution is 6.02. The summed E-state index contributed by atoms with van der Waals surface area (Å²) in [5.41, 5.74) is 3.18. The number of hydrogen-bond donors (Lipinski definition) is 1. The summed E-state index contributed by atoms with van der Waals surface area (Å²) >= 11 is 0. The van der Waals surface area contributed by atoms with Gasteiger partial charge in [-0.05, 0) is 62.2 Å². The number of aryl methyl sites for hydroxylation is 1. The Bertz CT molecular complexity index is 997. The van der Waals surface area contributed by atoms with Crippen molar-refractivity contribution in [1.29, 1.82) is 0 Å². The summed E-state index contributed by atoms with van der Waals surface area (Å²) in [7, 11) is 0. The molecule has 1 N–H and O–H groups in total. The van der Waals surface area contributed by atoms with Crippen molar-refractivity contribution in [1.82, 2.24) is 10.2 Å². The van der Waals surface area contributed by atoms with Crippen molar-refractivity contribution >= 4 is 17.7 Å². The molecule has 1 aromatic heterocycles. The summed E-state index contributed by atoms with van der Waals surface area (Å²) in [6, 6.07) is 11.1. The zero-order valence-corrected chi connectivity index (χ0v) is 16.6. The van der Waals surface area contributed by atoms with Crippen molar-refractivity contribution in [2.24, 2.45) is 0 Å². The first-order valence-electron chi connectivity index (χ1n) is 9.36. The average Bonchev–Trinajstić information content (AvgIpc) is 3.25. The largest absolute Gasteiger partial charge is 0.490 e. The highest BCUT2D eigenvalue weighted by Gasteiger charge is 2.09. The number of hydrogen-bond acceptors (Lipinski definition) is 6. The second-order valence-electron chi connectivity index (χ2n) is 6.17. The van der Waals surface area contributed by atoms with Gasteiger partial charge in [-0.15, -0.1) is 10.2 Å². The Labute approximate surface area is 169 Å². The van der Waals surface area contributed by atoms with Crippen LogP contribution in [0, 0.1) is 6.92 Å². The molecule has 0 radical (unpaired) electrons. The van der Waals surface area contributed by atoms with Crippen LogP contribution >= 0.6 is 0 Å². The fraction of sp³-hybridized carbons (Fsp3) is 0.227. The van der Waals surface area contributed by atoms with Crippen molar-refractivity contribution < 1.29 is 18.7 Å². The van der Waals surface area contributed by atoms with E-state index >= 15 is 0 Å². The van der Waals surface area contributed by atoms with Crippen molar-refractivity contribution in [3.63, 3.8) is 0 Å². The zero-order chi connectivity index (χ0) is 20.6. The monoisotopic (exact) mass is 393 g/mol. The van der Waals surface area contributed by atoms with E-state index in [0.29, 0.717) is 36.3 Å². The molecule has 1 heterocycles. The lowest BCUT2D eigenvalue weighted by molar-refractivity contribution is -0.111. The number of aromatic nitrogens is 2. The minimum Gasteiger partial charge on any atom is -0.490 e. The fourth-order valence-corrected chi connectivity index (χ4v) is 2.71. The third kappa shape index (κ3) is 5.22. The Kier molecular flexibility index (Phi) is 6.63. The molecule has 0 aliphatic heterocycles. The summed E-state index contributed by atoms with van der Waals surface area (Å²) in [6.45, 7) is 6.83. The van der Waals surface area contributed by atoms with E-state index in [0.717, 1.165) is 16.7 Å². The standard InChI is InChI=1S/C22H23N3O4/c1-4-27-19-10-7-16(12-20(19)28-5-2)8-11-21(26)24-18-13-17(9-6-15(18)3)22-25-23-14-29-22/h6-14H,4-5H2,1-3H3,(H,24,26).